The minimum absolute atomic E-state index is 0.318. The number of hydrogen-bond acceptors (Lipinski definition) is 3. The number of nitrogens with zero attached hydrogens (tertiary/aromatic N) is 1. The van der Waals surface area contributed by atoms with Crippen molar-refractivity contribution in [2.75, 3.05) is 26.7 Å². The quantitative estimate of drug-likeness (QED) is 0.298. The Bertz CT molecular complexity index is 329. The van der Waals surface area contributed by atoms with E-state index in [0.29, 0.717) is 25.9 Å². The lowest BCUT2D eigenvalue weighted by atomic mass is 9.95. The lowest BCUT2D eigenvalue weighted by molar-refractivity contribution is 0.245. The van der Waals surface area contributed by atoms with Crippen LogP contribution in [-0.2, 0) is 4.57 Å². The highest BCUT2D eigenvalue weighted by molar-refractivity contribution is 7.53. The first-order chi connectivity index (χ1) is 11.7. The molecule has 154 valence electrons. The van der Waals surface area contributed by atoms with Gasteiger partial charge in [-0.05, 0) is 45.7 Å². The molecule has 0 aliphatic heterocycles. The number of unbranched alkanes of at least 4 members (excludes halogenated alkanes) is 4. The Morgan fingerprint density at radius 1 is 0.840 bits per heavy atom. The summed E-state index contributed by atoms with van der Waals surface area (Å²) in [7, 11) is -1.83. The first-order valence-corrected chi connectivity index (χ1v) is 11.7. The maximum absolute atomic E-state index is 11.4. The Kier molecular flexibility index (Phi) is 17.7. The summed E-state index contributed by atoms with van der Waals surface area (Å²) in [5, 5.41) is 7.80. The summed E-state index contributed by atoms with van der Waals surface area (Å²) in [6, 6.07) is 0. The molecule has 6 heteroatoms. The number of aliphatic hydroxyl groups excluding tert-OH is 1. The smallest absolute Gasteiger partial charge is 0.331 e. The molecule has 5 nitrogen and oxygen atoms in total. The zero-order chi connectivity index (χ0) is 19.8. The third-order valence-corrected chi connectivity index (χ3v) is 7.11. The average molecular weight is 382 g/mol. The molecule has 0 aliphatic carbocycles. The van der Waals surface area contributed by atoms with Crippen molar-refractivity contribution in [1.82, 2.24) is 4.90 Å². The van der Waals surface area contributed by atoms with E-state index in [9.17, 15) is 14.4 Å². The molecule has 0 aromatic carbocycles. The van der Waals surface area contributed by atoms with Gasteiger partial charge < -0.3 is 19.8 Å². The lowest BCUT2D eigenvalue weighted by Crippen LogP contribution is -2.27. The van der Waals surface area contributed by atoms with Gasteiger partial charge in [0.15, 0.2) is 0 Å². The van der Waals surface area contributed by atoms with E-state index in [-0.39, 0.29) is 0 Å². The second-order valence-corrected chi connectivity index (χ2v) is 9.06. The molecular weight excluding hydrogens is 337 g/mol. The van der Waals surface area contributed by atoms with Crippen molar-refractivity contribution in [3.63, 3.8) is 0 Å². The van der Waals surface area contributed by atoms with Crippen LogP contribution in [0.3, 0.4) is 0 Å². The van der Waals surface area contributed by atoms with E-state index in [1.165, 1.54) is 25.8 Å². The minimum Gasteiger partial charge on any atom is -0.396 e. The van der Waals surface area contributed by atoms with Crippen molar-refractivity contribution in [2.45, 2.75) is 97.1 Å². The minimum atomic E-state index is -3.95. The van der Waals surface area contributed by atoms with Gasteiger partial charge in [-0.3, -0.25) is 4.57 Å². The molecule has 0 bridgehead atoms. The fourth-order valence-electron chi connectivity index (χ4n) is 2.95. The summed E-state index contributed by atoms with van der Waals surface area (Å²) in [6.07, 6.45) is 9.65. The van der Waals surface area contributed by atoms with Gasteiger partial charge in [0, 0.05) is 13.2 Å². The zero-order valence-corrected chi connectivity index (χ0v) is 18.2. The number of hydrogen-bond donors (Lipinski definition) is 3. The highest BCUT2D eigenvalue weighted by Gasteiger charge is 2.42. The highest BCUT2D eigenvalue weighted by atomic mass is 31.2. The average Bonchev–Trinajstić information content (AvgIpc) is 2.57. The topological polar surface area (TPSA) is 81.0 Å². The lowest BCUT2D eigenvalue weighted by Gasteiger charge is -2.32. The molecule has 3 N–H and O–H groups in total. The molecule has 0 unspecified atom stereocenters. The van der Waals surface area contributed by atoms with Gasteiger partial charge in [0.2, 0.25) is 0 Å². The summed E-state index contributed by atoms with van der Waals surface area (Å²) in [6.45, 7) is 10.6. The Morgan fingerprint density at radius 3 is 1.72 bits per heavy atom. The summed E-state index contributed by atoms with van der Waals surface area (Å²) >= 11 is 0. The zero-order valence-electron chi connectivity index (χ0n) is 17.3. The van der Waals surface area contributed by atoms with Crippen LogP contribution in [0, 0.1) is 0 Å². The van der Waals surface area contributed by atoms with Crippen LogP contribution in [0.15, 0.2) is 0 Å². The molecule has 0 saturated heterocycles. The second kappa shape index (κ2) is 16.3. The van der Waals surface area contributed by atoms with E-state index >= 15 is 0 Å². The molecule has 0 heterocycles. The van der Waals surface area contributed by atoms with Crippen LogP contribution < -0.4 is 0 Å². The highest BCUT2D eigenvalue weighted by Crippen LogP contribution is 2.57. The van der Waals surface area contributed by atoms with Gasteiger partial charge in [-0.2, -0.15) is 0 Å². The van der Waals surface area contributed by atoms with Gasteiger partial charge in [-0.1, -0.05) is 59.8 Å². The molecule has 0 radical (unpaired) electrons. The Labute approximate surface area is 156 Å². The van der Waals surface area contributed by atoms with Gasteiger partial charge in [0.25, 0.3) is 0 Å². The van der Waals surface area contributed by atoms with Crippen molar-refractivity contribution >= 4 is 7.60 Å². The normalized spacial score (nSPS) is 12.2. The van der Waals surface area contributed by atoms with Gasteiger partial charge in [0.05, 0.1) is 5.16 Å². The summed E-state index contributed by atoms with van der Waals surface area (Å²) in [5.41, 5.74) is 0. The molecule has 0 fully saturated rings. The van der Waals surface area contributed by atoms with Crippen LogP contribution in [0.2, 0.25) is 0 Å². The second-order valence-electron chi connectivity index (χ2n) is 7.02. The molecule has 0 aromatic rings. The fourth-order valence-corrected chi connectivity index (χ4v) is 4.22. The molecule has 25 heavy (non-hydrogen) atoms. The maximum atomic E-state index is 11.4. The van der Waals surface area contributed by atoms with Crippen molar-refractivity contribution in [3.05, 3.63) is 0 Å². The molecule has 0 spiro atoms. The predicted octanol–water partition coefficient (Wildman–Crippen LogP) is 4.79. The van der Waals surface area contributed by atoms with Crippen LogP contribution in [0.4, 0.5) is 0 Å². The standard InChI is InChI=1S/C10H23O3P.C9H21NO/c1-4-7-8-9-10(5-2,6-3)14(11,12)13;1-3-4-5-7-10(2)8-6-9-11/h4-9H2,1-3H3,(H2,11,12,13);11H,3-9H2,1-2H3. The third-order valence-electron chi connectivity index (χ3n) is 5.02. The maximum Gasteiger partial charge on any atom is 0.331 e. The van der Waals surface area contributed by atoms with Gasteiger partial charge in [-0.15, -0.1) is 0 Å². The monoisotopic (exact) mass is 381 g/mol. The van der Waals surface area contributed by atoms with Gasteiger partial charge in [-0.25, -0.2) is 0 Å². The largest absolute Gasteiger partial charge is 0.396 e. The van der Waals surface area contributed by atoms with E-state index in [1.807, 2.05) is 13.8 Å². The van der Waals surface area contributed by atoms with E-state index in [1.54, 1.807) is 0 Å². The molecule has 0 saturated carbocycles. The number of rotatable bonds is 14. The van der Waals surface area contributed by atoms with Crippen molar-refractivity contribution in [2.24, 2.45) is 0 Å². The van der Waals surface area contributed by atoms with E-state index in [2.05, 4.69) is 25.8 Å². The summed E-state index contributed by atoms with van der Waals surface area (Å²) in [5.74, 6) is 0. The molecule has 0 amide bonds. The van der Waals surface area contributed by atoms with Crippen molar-refractivity contribution in [3.8, 4) is 0 Å². The van der Waals surface area contributed by atoms with Crippen LogP contribution in [-0.4, -0.2) is 51.7 Å². The van der Waals surface area contributed by atoms with E-state index < -0.39 is 12.8 Å². The van der Waals surface area contributed by atoms with E-state index in [0.717, 1.165) is 32.2 Å². The van der Waals surface area contributed by atoms with Crippen LogP contribution in [0.5, 0.6) is 0 Å². The number of aliphatic hydroxyl groups is 1. The Morgan fingerprint density at radius 2 is 1.32 bits per heavy atom. The Balaban J connectivity index is 0. The van der Waals surface area contributed by atoms with Crippen molar-refractivity contribution < 1.29 is 19.5 Å². The molecule has 0 rings (SSSR count). The fraction of sp³-hybridized carbons (Fsp3) is 1.00. The van der Waals surface area contributed by atoms with E-state index in [4.69, 9.17) is 5.11 Å². The van der Waals surface area contributed by atoms with Gasteiger partial charge in [0.1, 0.15) is 0 Å². The first kappa shape index (κ1) is 27.3. The van der Waals surface area contributed by atoms with Crippen LogP contribution in [0.1, 0.15) is 91.9 Å². The summed E-state index contributed by atoms with van der Waals surface area (Å²) in [4.78, 5) is 21.0. The first-order valence-electron chi connectivity index (χ1n) is 10.1. The SMILES string of the molecule is CCCCCC(CC)(CC)P(=O)(O)O.CCCCCN(C)CCCO. The molecule has 0 aromatic heterocycles. The third kappa shape index (κ3) is 13.0. The summed E-state index contributed by atoms with van der Waals surface area (Å²) < 4.78 is 11.4. The molecular formula is C19H44NO4P. The predicted molar refractivity (Wildman–Crippen MR) is 108 cm³/mol. The van der Waals surface area contributed by atoms with Crippen LogP contribution >= 0.6 is 7.60 Å². The molecule has 0 atom stereocenters. The molecule has 0 aliphatic rings. The van der Waals surface area contributed by atoms with Crippen molar-refractivity contribution in [1.29, 1.82) is 0 Å². The van der Waals surface area contributed by atoms with Crippen LogP contribution in [0.25, 0.3) is 0 Å². The van der Waals surface area contributed by atoms with Gasteiger partial charge >= 0.3 is 7.60 Å². The Hall–Kier alpha value is 0.0700.